The zero-order chi connectivity index (χ0) is 10.7. The maximum absolute atomic E-state index is 10.9. The van der Waals surface area contributed by atoms with Crippen molar-refractivity contribution in [2.75, 3.05) is 7.11 Å². The van der Waals surface area contributed by atoms with Crippen molar-refractivity contribution in [1.82, 2.24) is 15.3 Å². The second kappa shape index (κ2) is 3.87. The van der Waals surface area contributed by atoms with E-state index in [1.165, 1.54) is 0 Å². The van der Waals surface area contributed by atoms with Gasteiger partial charge in [-0.15, -0.1) is 4.85 Å². The summed E-state index contributed by atoms with van der Waals surface area (Å²) in [6.45, 7) is 0. The third-order valence-electron chi connectivity index (χ3n) is 1.84. The highest BCUT2D eigenvalue weighted by atomic mass is 16.5. The molecular weight excluding hydrogens is 196 g/mol. The van der Waals surface area contributed by atoms with Crippen molar-refractivity contribution in [3.8, 4) is 17.1 Å². The van der Waals surface area contributed by atoms with Crippen LogP contribution in [0, 0.1) is 5.21 Å². The summed E-state index contributed by atoms with van der Waals surface area (Å²) >= 11 is 0. The molecule has 0 aliphatic rings. The third-order valence-corrected chi connectivity index (χ3v) is 1.84. The van der Waals surface area contributed by atoms with Gasteiger partial charge in [-0.25, -0.2) is 0 Å². The van der Waals surface area contributed by atoms with Gasteiger partial charge >= 0.3 is 6.33 Å². The van der Waals surface area contributed by atoms with Gasteiger partial charge < -0.3 is 9.94 Å². The van der Waals surface area contributed by atoms with Gasteiger partial charge in [0, 0.05) is 5.56 Å². The fourth-order valence-corrected chi connectivity index (χ4v) is 1.12. The van der Waals surface area contributed by atoms with Crippen LogP contribution in [0.1, 0.15) is 0 Å². The number of methoxy groups -OCH3 is 1. The average Bonchev–Trinajstić information content (AvgIpc) is 2.29. The van der Waals surface area contributed by atoms with Gasteiger partial charge in [-0.1, -0.05) is 5.10 Å². The van der Waals surface area contributed by atoms with Crippen LogP contribution in [0.3, 0.4) is 0 Å². The van der Waals surface area contributed by atoms with Crippen molar-refractivity contribution >= 4 is 0 Å². The first-order valence-electron chi connectivity index (χ1n) is 4.23. The van der Waals surface area contributed by atoms with Gasteiger partial charge in [0.05, 0.1) is 12.2 Å². The predicted octanol–water partition coefficient (Wildman–Crippen LogP) is 0.181. The first kappa shape index (κ1) is 9.32. The lowest BCUT2D eigenvalue weighted by atomic mass is 10.2. The third kappa shape index (κ3) is 1.98. The van der Waals surface area contributed by atoms with Crippen LogP contribution in [0.4, 0.5) is 0 Å². The topological polar surface area (TPSA) is 74.8 Å². The summed E-state index contributed by atoms with van der Waals surface area (Å²) in [5, 5.41) is 21.8. The first-order chi connectivity index (χ1) is 7.29. The Labute approximate surface area is 85.7 Å². The standard InChI is InChI=1S/C9H8N4O2/c1-15-8-4-2-7(3-5-8)9-11-10-6-13(14)12-9/h2-6H,1H3. The van der Waals surface area contributed by atoms with E-state index in [0.717, 1.165) is 12.1 Å². The molecule has 6 nitrogen and oxygen atoms in total. The molecular formula is C9H8N4O2. The van der Waals surface area contributed by atoms with Crippen LogP contribution >= 0.6 is 0 Å². The van der Waals surface area contributed by atoms with Gasteiger partial charge in [0.2, 0.25) is 5.82 Å². The van der Waals surface area contributed by atoms with E-state index in [1.807, 2.05) is 0 Å². The fraction of sp³-hybridized carbons (Fsp3) is 0.111. The maximum atomic E-state index is 10.9. The summed E-state index contributed by atoms with van der Waals surface area (Å²) in [4.78, 5) is 0.368. The Kier molecular flexibility index (Phi) is 2.40. The molecule has 0 N–H and O–H groups in total. The summed E-state index contributed by atoms with van der Waals surface area (Å²) in [5.41, 5.74) is 0.716. The van der Waals surface area contributed by atoms with E-state index in [2.05, 4.69) is 15.3 Å². The molecule has 2 rings (SSSR count). The molecule has 0 spiro atoms. The molecule has 1 aromatic heterocycles. The molecule has 1 heterocycles. The predicted molar refractivity (Wildman–Crippen MR) is 50.8 cm³/mol. The minimum absolute atomic E-state index is 0.287. The Morgan fingerprint density at radius 1 is 1.27 bits per heavy atom. The van der Waals surface area contributed by atoms with E-state index in [0.29, 0.717) is 10.4 Å². The summed E-state index contributed by atoms with van der Waals surface area (Å²) in [7, 11) is 1.58. The molecule has 0 radical (unpaired) electrons. The van der Waals surface area contributed by atoms with Gasteiger partial charge in [-0.2, -0.15) is 0 Å². The molecule has 2 aromatic rings. The molecule has 0 saturated carbocycles. The SMILES string of the molecule is COc1ccc(-c2nnc[n+]([O-])n2)cc1. The smallest absolute Gasteiger partial charge is 0.338 e. The first-order valence-corrected chi connectivity index (χ1v) is 4.23. The quantitative estimate of drug-likeness (QED) is 0.515. The van der Waals surface area contributed by atoms with E-state index in [-0.39, 0.29) is 5.82 Å². The van der Waals surface area contributed by atoms with Gasteiger partial charge in [0.25, 0.3) is 0 Å². The lowest BCUT2D eigenvalue weighted by Crippen LogP contribution is -2.32. The van der Waals surface area contributed by atoms with E-state index < -0.39 is 0 Å². The molecule has 0 atom stereocenters. The second-order valence-electron chi connectivity index (χ2n) is 2.79. The van der Waals surface area contributed by atoms with Gasteiger partial charge in [-0.3, -0.25) is 0 Å². The Morgan fingerprint density at radius 2 is 2.00 bits per heavy atom. The average molecular weight is 204 g/mol. The molecule has 0 bridgehead atoms. The zero-order valence-corrected chi connectivity index (χ0v) is 7.99. The molecule has 0 fully saturated rings. The highest BCUT2D eigenvalue weighted by Gasteiger charge is 2.05. The van der Waals surface area contributed by atoms with Crippen molar-refractivity contribution in [1.29, 1.82) is 0 Å². The summed E-state index contributed by atoms with van der Waals surface area (Å²) in [5.74, 6) is 1.02. The van der Waals surface area contributed by atoms with E-state index in [4.69, 9.17) is 4.74 Å². The fourth-order valence-electron chi connectivity index (χ4n) is 1.12. The number of ether oxygens (including phenoxy) is 1. The van der Waals surface area contributed by atoms with Crippen LogP contribution in [-0.2, 0) is 0 Å². The van der Waals surface area contributed by atoms with Crippen molar-refractivity contribution in [3.05, 3.63) is 35.8 Å². The lowest BCUT2D eigenvalue weighted by Gasteiger charge is -2.01. The van der Waals surface area contributed by atoms with Crippen LogP contribution in [-0.4, -0.2) is 22.4 Å². The Hall–Kier alpha value is -2.24. The summed E-state index contributed by atoms with van der Waals surface area (Å²) in [6, 6.07) is 7.05. The van der Waals surface area contributed by atoms with Crippen LogP contribution in [0.25, 0.3) is 11.4 Å². The molecule has 76 valence electrons. The minimum atomic E-state index is 0.287. The van der Waals surface area contributed by atoms with Gasteiger partial charge in [0.1, 0.15) is 5.75 Å². The number of hydrogen-bond donors (Lipinski definition) is 0. The summed E-state index contributed by atoms with van der Waals surface area (Å²) < 4.78 is 5.01. The molecule has 0 unspecified atom stereocenters. The summed E-state index contributed by atoms with van der Waals surface area (Å²) in [6.07, 6.45) is 0.993. The lowest BCUT2D eigenvalue weighted by molar-refractivity contribution is -0.672. The molecule has 0 aliphatic heterocycles. The van der Waals surface area contributed by atoms with Gasteiger partial charge in [0.15, 0.2) is 0 Å². The highest BCUT2D eigenvalue weighted by molar-refractivity contribution is 5.54. The Balaban J connectivity index is 2.37. The number of benzene rings is 1. The van der Waals surface area contributed by atoms with E-state index in [1.54, 1.807) is 31.4 Å². The molecule has 0 amide bonds. The van der Waals surface area contributed by atoms with Crippen molar-refractivity contribution in [2.45, 2.75) is 0 Å². The second-order valence-corrected chi connectivity index (χ2v) is 2.79. The zero-order valence-electron chi connectivity index (χ0n) is 7.99. The number of hydrogen-bond acceptors (Lipinski definition) is 5. The largest absolute Gasteiger partial charge is 0.691 e. The number of aromatic nitrogens is 4. The van der Waals surface area contributed by atoms with Crippen LogP contribution in [0.5, 0.6) is 5.75 Å². The van der Waals surface area contributed by atoms with E-state index >= 15 is 0 Å². The Morgan fingerprint density at radius 3 is 2.60 bits per heavy atom. The minimum Gasteiger partial charge on any atom is -0.691 e. The molecule has 0 saturated heterocycles. The van der Waals surface area contributed by atoms with E-state index in [9.17, 15) is 5.21 Å². The molecule has 6 heteroatoms. The van der Waals surface area contributed by atoms with Crippen molar-refractivity contribution in [2.24, 2.45) is 0 Å². The number of nitrogens with zero attached hydrogens (tertiary/aromatic N) is 4. The normalized spacial score (nSPS) is 9.93. The highest BCUT2D eigenvalue weighted by Crippen LogP contribution is 2.17. The van der Waals surface area contributed by atoms with Crippen LogP contribution in [0.15, 0.2) is 30.6 Å². The maximum Gasteiger partial charge on any atom is 0.338 e. The van der Waals surface area contributed by atoms with Crippen molar-refractivity contribution < 1.29 is 9.58 Å². The monoisotopic (exact) mass is 204 g/mol. The number of rotatable bonds is 2. The van der Waals surface area contributed by atoms with Crippen LogP contribution < -0.4 is 9.58 Å². The molecule has 0 aliphatic carbocycles. The Bertz CT molecular complexity index is 458. The van der Waals surface area contributed by atoms with Crippen LogP contribution in [0.2, 0.25) is 0 Å². The molecule has 1 aromatic carbocycles. The van der Waals surface area contributed by atoms with Gasteiger partial charge in [-0.05, 0) is 29.4 Å². The van der Waals surface area contributed by atoms with Crippen molar-refractivity contribution in [3.63, 3.8) is 0 Å². The molecule has 15 heavy (non-hydrogen) atoms.